The first-order chi connectivity index (χ1) is 8.11. The molecule has 0 aliphatic carbocycles. The van der Waals surface area contributed by atoms with Crippen LogP contribution in [0, 0.1) is 12.7 Å². The second-order valence-electron chi connectivity index (χ2n) is 3.94. The molecule has 17 heavy (non-hydrogen) atoms. The topological polar surface area (TPSA) is 29.5 Å². The molecule has 1 fully saturated rings. The predicted octanol–water partition coefficient (Wildman–Crippen LogP) is 2.37. The summed E-state index contributed by atoms with van der Waals surface area (Å²) in [6, 6.07) is 3.22. The molecule has 1 aromatic carbocycles. The van der Waals surface area contributed by atoms with E-state index in [0.29, 0.717) is 36.3 Å². The number of halogens is 2. The van der Waals surface area contributed by atoms with Crippen LogP contribution in [0.4, 0.5) is 4.39 Å². The molecule has 5 heteroatoms. The maximum atomic E-state index is 14.0. The van der Waals surface area contributed by atoms with Gasteiger partial charge < -0.3 is 9.64 Å². The number of amides is 1. The van der Waals surface area contributed by atoms with Crippen molar-refractivity contribution in [2.24, 2.45) is 0 Å². The highest BCUT2D eigenvalue weighted by atomic mass is 79.9. The average molecular weight is 302 g/mol. The lowest BCUT2D eigenvalue weighted by Crippen LogP contribution is -2.41. The molecule has 0 saturated carbocycles. The van der Waals surface area contributed by atoms with E-state index >= 15 is 0 Å². The maximum Gasteiger partial charge on any atom is 0.256 e. The summed E-state index contributed by atoms with van der Waals surface area (Å²) in [5, 5.41) is 0. The van der Waals surface area contributed by atoms with E-state index in [4.69, 9.17) is 4.74 Å². The van der Waals surface area contributed by atoms with Crippen LogP contribution in [0.3, 0.4) is 0 Å². The van der Waals surface area contributed by atoms with Crippen LogP contribution in [0.1, 0.15) is 15.9 Å². The van der Waals surface area contributed by atoms with Crippen LogP contribution in [0.2, 0.25) is 0 Å². The number of nitrogens with zero attached hydrogens (tertiary/aromatic N) is 1. The van der Waals surface area contributed by atoms with Crippen LogP contribution in [0.15, 0.2) is 16.6 Å². The Hall–Kier alpha value is -0.940. The van der Waals surface area contributed by atoms with Gasteiger partial charge in [0, 0.05) is 17.6 Å². The van der Waals surface area contributed by atoms with Gasteiger partial charge in [-0.15, -0.1) is 0 Å². The summed E-state index contributed by atoms with van der Waals surface area (Å²) in [6.07, 6.45) is 0. The van der Waals surface area contributed by atoms with Crippen molar-refractivity contribution >= 4 is 21.8 Å². The van der Waals surface area contributed by atoms with Crippen molar-refractivity contribution in [3.05, 3.63) is 33.5 Å². The molecule has 1 heterocycles. The van der Waals surface area contributed by atoms with Gasteiger partial charge in [0.1, 0.15) is 5.82 Å². The molecule has 2 rings (SSSR count). The first kappa shape index (κ1) is 12.5. The predicted molar refractivity (Wildman–Crippen MR) is 65.6 cm³/mol. The summed E-state index contributed by atoms with van der Waals surface area (Å²) >= 11 is 3.24. The number of morpholine rings is 1. The largest absolute Gasteiger partial charge is 0.378 e. The van der Waals surface area contributed by atoms with Crippen LogP contribution in [-0.2, 0) is 4.74 Å². The molecular weight excluding hydrogens is 289 g/mol. The van der Waals surface area contributed by atoms with Gasteiger partial charge in [-0.05, 0) is 24.6 Å². The lowest BCUT2D eigenvalue weighted by Gasteiger charge is -2.27. The number of carbonyl (C=O) groups excluding carboxylic acids is 1. The van der Waals surface area contributed by atoms with Gasteiger partial charge in [-0.3, -0.25) is 4.79 Å². The Morgan fingerprint density at radius 2 is 2.06 bits per heavy atom. The van der Waals surface area contributed by atoms with E-state index in [2.05, 4.69) is 15.9 Å². The monoisotopic (exact) mass is 301 g/mol. The number of rotatable bonds is 1. The molecule has 0 bridgehead atoms. The van der Waals surface area contributed by atoms with E-state index in [1.54, 1.807) is 17.9 Å². The van der Waals surface area contributed by atoms with Crippen LogP contribution in [0.5, 0.6) is 0 Å². The van der Waals surface area contributed by atoms with Gasteiger partial charge in [0.05, 0.1) is 18.8 Å². The van der Waals surface area contributed by atoms with Gasteiger partial charge in [0.2, 0.25) is 0 Å². The number of hydrogen-bond donors (Lipinski definition) is 0. The number of hydrogen-bond acceptors (Lipinski definition) is 2. The molecule has 0 radical (unpaired) electrons. The lowest BCUT2D eigenvalue weighted by molar-refractivity contribution is 0.0299. The first-order valence-corrected chi connectivity index (χ1v) is 6.22. The highest BCUT2D eigenvalue weighted by Crippen LogP contribution is 2.23. The maximum absolute atomic E-state index is 14.0. The number of benzene rings is 1. The Labute approximate surface area is 108 Å². The summed E-state index contributed by atoms with van der Waals surface area (Å²) < 4.78 is 19.8. The molecule has 0 atom stereocenters. The van der Waals surface area contributed by atoms with E-state index in [9.17, 15) is 9.18 Å². The Balaban J connectivity index is 2.27. The minimum Gasteiger partial charge on any atom is -0.378 e. The Morgan fingerprint density at radius 3 is 2.71 bits per heavy atom. The average Bonchev–Trinajstić information content (AvgIpc) is 2.36. The first-order valence-electron chi connectivity index (χ1n) is 5.43. The fraction of sp³-hybridized carbons (Fsp3) is 0.417. The molecule has 1 amide bonds. The number of ether oxygens (including phenoxy) is 1. The van der Waals surface area contributed by atoms with Crippen LogP contribution >= 0.6 is 15.9 Å². The van der Waals surface area contributed by atoms with Gasteiger partial charge in [-0.1, -0.05) is 15.9 Å². The van der Waals surface area contributed by atoms with Crippen molar-refractivity contribution in [2.45, 2.75) is 6.92 Å². The normalized spacial score (nSPS) is 16.1. The lowest BCUT2D eigenvalue weighted by atomic mass is 10.1. The minimum atomic E-state index is -0.448. The van der Waals surface area contributed by atoms with Crippen molar-refractivity contribution < 1.29 is 13.9 Å². The molecular formula is C12H13BrFNO2. The second-order valence-corrected chi connectivity index (χ2v) is 4.79. The SMILES string of the molecule is Cc1c(Br)ccc(C(=O)N2CCOCC2)c1F. The molecule has 1 aromatic rings. The molecule has 1 aliphatic rings. The molecule has 92 valence electrons. The van der Waals surface area contributed by atoms with Gasteiger partial charge in [-0.25, -0.2) is 4.39 Å². The van der Waals surface area contributed by atoms with Crippen molar-refractivity contribution in [3.63, 3.8) is 0 Å². The van der Waals surface area contributed by atoms with Gasteiger partial charge in [0.25, 0.3) is 5.91 Å². The van der Waals surface area contributed by atoms with Crippen LogP contribution < -0.4 is 0 Å². The van der Waals surface area contributed by atoms with E-state index in [1.807, 2.05) is 0 Å². The second kappa shape index (κ2) is 5.14. The zero-order valence-corrected chi connectivity index (χ0v) is 11.1. The Bertz CT molecular complexity index is 444. The fourth-order valence-electron chi connectivity index (χ4n) is 1.76. The molecule has 0 unspecified atom stereocenters. The number of carbonyl (C=O) groups is 1. The minimum absolute atomic E-state index is 0.132. The van der Waals surface area contributed by atoms with Crippen LogP contribution in [-0.4, -0.2) is 37.1 Å². The summed E-state index contributed by atoms with van der Waals surface area (Å²) in [4.78, 5) is 13.7. The van der Waals surface area contributed by atoms with Crippen molar-refractivity contribution in [2.75, 3.05) is 26.3 Å². The highest BCUT2D eigenvalue weighted by Gasteiger charge is 2.22. The molecule has 1 aliphatic heterocycles. The van der Waals surface area contributed by atoms with E-state index in [1.165, 1.54) is 6.07 Å². The van der Waals surface area contributed by atoms with Gasteiger partial charge in [-0.2, -0.15) is 0 Å². The highest BCUT2D eigenvalue weighted by molar-refractivity contribution is 9.10. The fourth-order valence-corrected chi connectivity index (χ4v) is 2.07. The zero-order valence-electron chi connectivity index (χ0n) is 9.50. The summed E-state index contributed by atoms with van der Waals surface area (Å²) in [6.45, 7) is 3.72. The molecule has 1 saturated heterocycles. The third-order valence-corrected chi connectivity index (χ3v) is 3.71. The standard InChI is InChI=1S/C12H13BrFNO2/c1-8-10(13)3-2-9(11(8)14)12(16)15-4-6-17-7-5-15/h2-3H,4-7H2,1H3. The van der Waals surface area contributed by atoms with Gasteiger partial charge in [0.15, 0.2) is 0 Å². The Morgan fingerprint density at radius 1 is 1.41 bits per heavy atom. The van der Waals surface area contributed by atoms with E-state index in [0.717, 1.165) is 0 Å². The van der Waals surface area contributed by atoms with Crippen molar-refractivity contribution in [3.8, 4) is 0 Å². The third-order valence-electron chi connectivity index (χ3n) is 2.85. The summed E-state index contributed by atoms with van der Waals surface area (Å²) in [7, 11) is 0. The molecule has 0 spiro atoms. The van der Waals surface area contributed by atoms with E-state index in [-0.39, 0.29) is 11.5 Å². The van der Waals surface area contributed by atoms with Crippen molar-refractivity contribution in [1.82, 2.24) is 4.90 Å². The molecule has 3 nitrogen and oxygen atoms in total. The van der Waals surface area contributed by atoms with Gasteiger partial charge >= 0.3 is 0 Å². The smallest absolute Gasteiger partial charge is 0.256 e. The Kier molecular flexibility index (Phi) is 3.79. The van der Waals surface area contributed by atoms with Crippen molar-refractivity contribution in [1.29, 1.82) is 0 Å². The van der Waals surface area contributed by atoms with Crippen LogP contribution in [0.25, 0.3) is 0 Å². The zero-order chi connectivity index (χ0) is 12.4. The quantitative estimate of drug-likeness (QED) is 0.797. The summed E-state index contributed by atoms with van der Waals surface area (Å²) in [5.41, 5.74) is 0.594. The molecule has 0 aromatic heterocycles. The van der Waals surface area contributed by atoms with E-state index < -0.39 is 5.82 Å². The molecule has 0 N–H and O–H groups in total. The third kappa shape index (κ3) is 2.50. The summed E-state index contributed by atoms with van der Waals surface area (Å²) in [5.74, 6) is -0.711.